The highest BCUT2D eigenvalue weighted by Crippen LogP contribution is 2.23. The number of hydrogen-bond acceptors (Lipinski definition) is 4. The summed E-state index contributed by atoms with van der Waals surface area (Å²) in [5.74, 6) is 1.11. The first kappa shape index (κ1) is 18.6. The van der Waals surface area contributed by atoms with Gasteiger partial charge in [-0.2, -0.15) is 0 Å². The number of hydrogen-bond donors (Lipinski definition) is 2. The summed E-state index contributed by atoms with van der Waals surface area (Å²) in [6.07, 6.45) is 0.776. The molecule has 0 aliphatic heterocycles. The summed E-state index contributed by atoms with van der Waals surface area (Å²) in [5, 5.41) is 4.36. The van der Waals surface area contributed by atoms with Gasteiger partial charge in [-0.1, -0.05) is 35.5 Å². The molecule has 3 rings (SSSR count). The maximum absolute atomic E-state index is 12.0. The number of aromatic amines is 1. The average molecular weight is 390 g/mol. The lowest BCUT2D eigenvalue weighted by Crippen LogP contribution is -2.27. The monoisotopic (exact) mass is 389 g/mol. The van der Waals surface area contributed by atoms with Crippen LogP contribution >= 0.6 is 23.4 Å². The van der Waals surface area contributed by atoms with Crippen molar-refractivity contribution in [2.24, 2.45) is 0 Å². The van der Waals surface area contributed by atoms with Gasteiger partial charge in [0.25, 0.3) is 0 Å². The first-order valence-electron chi connectivity index (χ1n) is 8.40. The van der Waals surface area contributed by atoms with Crippen molar-refractivity contribution in [2.45, 2.75) is 18.5 Å². The number of aromatic nitrogens is 2. The smallest absolute Gasteiger partial charge is 0.230 e. The molecule has 0 bridgehead atoms. The topological polar surface area (TPSA) is 67.0 Å². The minimum absolute atomic E-state index is 0.0144. The molecule has 1 amide bonds. The van der Waals surface area contributed by atoms with Crippen LogP contribution < -0.4 is 10.1 Å². The molecular weight excluding hydrogens is 370 g/mol. The lowest BCUT2D eigenvalue weighted by Gasteiger charge is -2.04. The molecular formula is C19H20ClN3O2S. The first-order chi connectivity index (χ1) is 12.6. The maximum Gasteiger partial charge on any atom is 0.230 e. The molecule has 26 heavy (non-hydrogen) atoms. The van der Waals surface area contributed by atoms with E-state index in [-0.39, 0.29) is 5.91 Å². The minimum Gasteiger partial charge on any atom is -0.494 e. The zero-order valence-corrected chi connectivity index (χ0v) is 16.0. The van der Waals surface area contributed by atoms with Crippen LogP contribution in [0.4, 0.5) is 0 Å². The Bertz CT molecular complexity index is 880. The molecule has 5 nitrogen and oxygen atoms in total. The number of nitrogens with zero attached hydrogens (tertiary/aromatic N) is 1. The van der Waals surface area contributed by atoms with Gasteiger partial charge in [0.2, 0.25) is 5.91 Å². The predicted molar refractivity (Wildman–Crippen MR) is 106 cm³/mol. The second kappa shape index (κ2) is 8.96. The number of benzene rings is 2. The van der Waals surface area contributed by atoms with Crippen molar-refractivity contribution >= 4 is 40.3 Å². The first-order valence-corrected chi connectivity index (χ1v) is 9.77. The van der Waals surface area contributed by atoms with Gasteiger partial charge in [0.05, 0.1) is 23.4 Å². The van der Waals surface area contributed by atoms with E-state index in [0.29, 0.717) is 23.9 Å². The van der Waals surface area contributed by atoms with Gasteiger partial charge in [-0.3, -0.25) is 4.79 Å². The van der Waals surface area contributed by atoms with Crippen LogP contribution in [0.5, 0.6) is 5.75 Å². The van der Waals surface area contributed by atoms with Crippen molar-refractivity contribution in [3.05, 3.63) is 53.1 Å². The molecule has 0 radical (unpaired) electrons. The average Bonchev–Trinajstić information content (AvgIpc) is 3.04. The lowest BCUT2D eigenvalue weighted by atomic mass is 10.1. The standard InChI is InChI=1S/C19H20ClN3O2S/c1-2-25-15-7-8-16-17(11-15)23-19(22-16)26-12-18(24)21-10-9-13-3-5-14(20)6-4-13/h3-8,11H,2,9-10,12H2,1H3,(H,21,24)(H,22,23). The summed E-state index contributed by atoms with van der Waals surface area (Å²) in [7, 11) is 0. The lowest BCUT2D eigenvalue weighted by molar-refractivity contribution is -0.118. The molecule has 0 saturated carbocycles. The molecule has 2 N–H and O–H groups in total. The Kier molecular flexibility index (Phi) is 6.41. The van der Waals surface area contributed by atoms with Crippen molar-refractivity contribution in [3.63, 3.8) is 0 Å². The van der Waals surface area contributed by atoms with E-state index in [1.807, 2.05) is 49.4 Å². The zero-order valence-electron chi connectivity index (χ0n) is 14.4. The van der Waals surface area contributed by atoms with Crippen LogP contribution in [0.3, 0.4) is 0 Å². The van der Waals surface area contributed by atoms with Crippen LogP contribution in [0, 0.1) is 0 Å². The molecule has 0 fully saturated rings. The Hall–Kier alpha value is -2.18. The van der Waals surface area contributed by atoms with E-state index in [1.165, 1.54) is 11.8 Å². The van der Waals surface area contributed by atoms with Gasteiger partial charge in [-0.05, 0) is 43.2 Å². The highest BCUT2D eigenvalue weighted by Gasteiger charge is 2.08. The Labute approximate surface area is 161 Å². The molecule has 1 heterocycles. The Morgan fingerprint density at radius 2 is 2.08 bits per heavy atom. The molecule has 0 atom stereocenters. The highest BCUT2D eigenvalue weighted by atomic mass is 35.5. The fraction of sp³-hybridized carbons (Fsp3) is 0.263. The van der Waals surface area contributed by atoms with Crippen LogP contribution in [-0.2, 0) is 11.2 Å². The number of thioether (sulfide) groups is 1. The van der Waals surface area contributed by atoms with Crippen molar-refractivity contribution in [2.75, 3.05) is 18.9 Å². The molecule has 0 aliphatic rings. The number of imidazole rings is 1. The van der Waals surface area contributed by atoms with Gasteiger partial charge >= 0.3 is 0 Å². The third-order valence-corrected chi connectivity index (χ3v) is 4.86. The molecule has 3 aromatic rings. The second-order valence-electron chi connectivity index (χ2n) is 5.67. The van der Waals surface area contributed by atoms with E-state index in [4.69, 9.17) is 16.3 Å². The van der Waals surface area contributed by atoms with Crippen LogP contribution in [0.1, 0.15) is 12.5 Å². The number of nitrogens with one attached hydrogen (secondary N) is 2. The molecule has 0 saturated heterocycles. The Balaban J connectivity index is 1.46. The molecule has 136 valence electrons. The van der Waals surface area contributed by atoms with E-state index in [1.54, 1.807) is 0 Å². The Morgan fingerprint density at radius 1 is 1.27 bits per heavy atom. The zero-order chi connectivity index (χ0) is 18.4. The van der Waals surface area contributed by atoms with E-state index in [2.05, 4.69) is 15.3 Å². The number of amides is 1. The van der Waals surface area contributed by atoms with Crippen molar-refractivity contribution < 1.29 is 9.53 Å². The van der Waals surface area contributed by atoms with Crippen LogP contribution in [0.15, 0.2) is 47.6 Å². The van der Waals surface area contributed by atoms with Crippen molar-refractivity contribution in [1.82, 2.24) is 15.3 Å². The number of rotatable bonds is 8. The van der Waals surface area contributed by atoms with Gasteiger partial charge in [0.15, 0.2) is 5.16 Å². The number of carbonyl (C=O) groups excluding carboxylic acids is 1. The number of carbonyl (C=O) groups is 1. The van der Waals surface area contributed by atoms with Crippen molar-refractivity contribution in [3.8, 4) is 5.75 Å². The fourth-order valence-electron chi connectivity index (χ4n) is 2.47. The van der Waals surface area contributed by atoms with Crippen LogP contribution in [-0.4, -0.2) is 34.8 Å². The summed E-state index contributed by atoms with van der Waals surface area (Å²) >= 11 is 7.25. The van der Waals surface area contributed by atoms with E-state index in [9.17, 15) is 4.79 Å². The summed E-state index contributed by atoms with van der Waals surface area (Å²) in [4.78, 5) is 19.7. The highest BCUT2D eigenvalue weighted by molar-refractivity contribution is 7.99. The predicted octanol–water partition coefficient (Wildman–Crippen LogP) is 4.07. The largest absolute Gasteiger partial charge is 0.494 e. The molecule has 0 unspecified atom stereocenters. The minimum atomic E-state index is -0.0144. The number of H-pyrrole nitrogens is 1. The van der Waals surface area contributed by atoms with Gasteiger partial charge in [0, 0.05) is 17.6 Å². The second-order valence-corrected chi connectivity index (χ2v) is 7.07. The SMILES string of the molecule is CCOc1ccc2nc(SCC(=O)NCCc3ccc(Cl)cc3)[nH]c2c1. The van der Waals surface area contributed by atoms with Crippen LogP contribution in [0.25, 0.3) is 11.0 Å². The number of fused-ring (bicyclic) bond motifs is 1. The van der Waals surface area contributed by atoms with E-state index < -0.39 is 0 Å². The van der Waals surface area contributed by atoms with E-state index >= 15 is 0 Å². The summed E-state index contributed by atoms with van der Waals surface area (Å²) in [6.45, 7) is 3.17. The maximum atomic E-state index is 12.0. The quantitative estimate of drug-likeness (QED) is 0.570. The Morgan fingerprint density at radius 3 is 2.85 bits per heavy atom. The summed E-state index contributed by atoms with van der Waals surface area (Å²) < 4.78 is 5.48. The molecule has 1 aromatic heterocycles. The third kappa shape index (κ3) is 5.16. The fourth-order valence-corrected chi connectivity index (χ4v) is 3.31. The molecule has 2 aromatic carbocycles. The molecule has 0 aliphatic carbocycles. The van der Waals surface area contributed by atoms with E-state index in [0.717, 1.165) is 33.9 Å². The van der Waals surface area contributed by atoms with Gasteiger partial charge < -0.3 is 15.0 Å². The molecule has 7 heteroatoms. The summed E-state index contributed by atoms with van der Waals surface area (Å²) in [6, 6.07) is 13.4. The van der Waals surface area contributed by atoms with Gasteiger partial charge in [0.1, 0.15) is 5.75 Å². The summed E-state index contributed by atoms with van der Waals surface area (Å²) in [5.41, 5.74) is 2.91. The van der Waals surface area contributed by atoms with Gasteiger partial charge in [-0.15, -0.1) is 0 Å². The normalized spacial score (nSPS) is 10.8. The van der Waals surface area contributed by atoms with Crippen LogP contribution in [0.2, 0.25) is 5.02 Å². The van der Waals surface area contributed by atoms with Gasteiger partial charge in [-0.25, -0.2) is 4.98 Å². The van der Waals surface area contributed by atoms with Crippen molar-refractivity contribution in [1.29, 1.82) is 0 Å². The number of ether oxygens (including phenoxy) is 1. The number of halogens is 1. The molecule has 0 spiro atoms. The third-order valence-electron chi connectivity index (χ3n) is 3.73.